The van der Waals surface area contributed by atoms with Crippen LogP contribution >= 0.6 is 0 Å². The highest BCUT2D eigenvalue weighted by atomic mass is 19.1. The molecule has 4 nitrogen and oxygen atoms in total. The number of halogens is 1. The summed E-state index contributed by atoms with van der Waals surface area (Å²) in [5, 5.41) is 10.5. The van der Waals surface area contributed by atoms with Gasteiger partial charge in [0.15, 0.2) is 0 Å². The minimum atomic E-state index is -0.148. The Balaban J connectivity index is 1.37. The third-order valence-corrected chi connectivity index (χ3v) is 6.07. The summed E-state index contributed by atoms with van der Waals surface area (Å²) in [4.78, 5) is 8.98. The van der Waals surface area contributed by atoms with Gasteiger partial charge in [-0.2, -0.15) is 5.26 Å². The molecule has 3 aromatic carbocycles. The summed E-state index contributed by atoms with van der Waals surface area (Å²) >= 11 is 0. The van der Waals surface area contributed by atoms with Crippen LogP contribution in [0.1, 0.15) is 40.1 Å². The molecule has 34 heavy (non-hydrogen) atoms. The van der Waals surface area contributed by atoms with Crippen LogP contribution < -0.4 is 0 Å². The highest BCUT2D eigenvalue weighted by Gasteiger charge is 2.09. The Morgan fingerprint density at radius 2 is 1.56 bits per heavy atom. The number of hydrogen-bond donors (Lipinski definition) is 0. The van der Waals surface area contributed by atoms with E-state index in [0.29, 0.717) is 22.9 Å². The van der Waals surface area contributed by atoms with Gasteiger partial charge in [0.1, 0.15) is 11.6 Å². The van der Waals surface area contributed by atoms with Gasteiger partial charge in [-0.1, -0.05) is 42.5 Å². The Kier molecular flexibility index (Phi) is 7.95. The second-order valence-corrected chi connectivity index (χ2v) is 8.51. The van der Waals surface area contributed by atoms with Gasteiger partial charge < -0.3 is 4.74 Å². The fourth-order valence-electron chi connectivity index (χ4n) is 4.08. The lowest BCUT2D eigenvalue weighted by atomic mass is 9.98. The number of aromatic nitrogens is 2. The van der Waals surface area contributed by atoms with Gasteiger partial charge in [-0.3, -0.25) is 0 Å². The van der Waals surface area contributed by atoms with Gasteiger partial charge in [0.2, 0.25) is 0 Å². The van der Waals surface area contributed by atoms with Gasteiger partial charge in [-0.15, -0.1) is 0 Å². The number of nitriles is 1. The lowest BCUT2D eigenvalue weighted by molar-refractivity contribution is 0.195. The number of hydrogen-bond acceptors (Lipinski definition) is 4. The largest absolute Gasteiger partial charge is 0.385 e. The van der Waals surface area contributed by atoms with Crippen molar-refractivity contribution in [1.82, 2.24) is 9.97 Å². The molecular weight excluding hydrogens is 425 g/mol. The summed E-state index contributed by atoms with van der Waals surface area (Å²) in [5.74, 6) is 0.671. The van der Waals surface area contributed by atoms with Crippen molar-refractivity contribution in [2.24, 2.45) is 0 Å². The van der Waals surface area contributed by atoms with Crippen molar-refractivity contribution in [1.29, 1.82) is 5.26 Å². The Bertz CT molecular complexity index is 1280. The van der Waals surface area contributed by atoms with Crippen molar-refractivity contribution >= 4 is 10.8 Å². The first-order valence-electron chi connectivity index (χ1n) is 11.6. The first-order valence-corrected chi connectivity index (χ1v) is 11.6. The molecule has 0 aliphatic heterocycles. The van der Waals surface area contributed by atoms with Gasteiger partial charge in [0.25, 0.3) is 0 Å². The van der Waals surface area contributed by atoms with Gasteiger partial charge in [0, 0.05) is 37.9 Å². The van der Waals surface area contributed by atoms with E-state index in [-0.39, 0.29) is 5.82 Å². The molecule has 0 saturated heterocycles. The molecule has 1 heterocycles. The Hall–Kier alpha value is -3.62. The van der Waals surface area contributed by atoms with E-state index in [1.807, 2.05) is 48.8 Å². The number of benzene rings is 3. The predicted molar refractivity (Wildman–Crippen MR) is 132 cm³/mol. The first kappa shape index (κ1) is 23.5. The molecule has 0 atom stereocenters. The molecular formula is C29H28FN3O. The average Bonchev–Trinajstić information content (AvgIpc) is 2.88. The molecule has 4 aromatic rings. The molecule has 0 amide bonds. The second kappa shape index (κ2) is 11.5. The summed E-state index contributed by atoms with van der Waals surface area (Å²) in [7, 11) is 1.71. The lowest BCUT2D eigenvalue weighted by Gasteiger charge is -2.09. The van der Waals surface area contributed by atoms with Crippen molar-refractivity contribution in [2.45, 2.75) is 38.5 Å². The topological polar surface area (TPSA) is 58.8 Å². The van der Waals surface area contributed by atoms with E-state index >= 15 is 4.39 Å². The molecule has 0 aliphatic rings. The normalized spacial score (nSPS) is 11.0. The maximum absolute atomic E-state index is 15.2. The Labute approximate surface area is 200 Å². The summed E-state index contributed by atoms with van der Waals surface area (Å²) in [6.07, 6.45) is 8.58. The summed E-state index contributed by atoms with van der Waals surface area (Å²) in [5.41, 5.74) is 4.71. The monoisotopic (exact) mass is 453 g/mol. The summed E-state index contributed by atoms with van der Waals surface area (Å²) < 4.78 is 20.2. The van der Waals surface area contributed by atoms with Crippen LogP contribution in [0.25, 0.3) is 10.8 Å². The van der Waals surface area contributed by atoms with E-state index in [9.17, 15) is 0 Å². The smallest absolute Gasteiger partial charge is 0.134 e. The predicted octanol–water partition coefficient (Wildman–Crippen LogP) is 5.79. The third-order valence-electron chi connectivity index (χ3n) is 6.07. The van der Waals surface area contributed by atoms with Crippen LogP contribution in [0.2, 0.25) is 0 Å². The number of nitrogens with zero attached hydrogens (tertiary/aromatic N) is 3. The molecule has 0 fully saturated rings. The van der Waals surface area contributed by atoms with Crippen molar-refractivity contribution in [3.63, 3.8) is 0 Å². The van der Waals surface area contributed by atoms with Gasteiger partial charge in [-0.25, -0.2) is 14.4 Å². The highest BCUT2D eigenvalue weighted by Crippen LogP contribution is 2.24. The quantitative estimate of drug-likeness (QED) is 0.285. The van der Waals surface area contributed by atoms with Crippen LogP contribution in [-0.2, 0) is 36.8 Å². The molecule has 0 spiro atoms. The SMILES string of the molecule is COCCCc1cnc(CCc2ccc3c(F)c(CCc4ccc(C#N)cc4)ccc3c2)nc1. The standard InChI is InChI=1S/C29H28FN3O/c1-34-16-2-3-24-19-32-28(33-20-24)15-10-22-9-14-27-26(17-22)13-12-25(29(27)30)11-8-21-4-6-23(18-31)7-5-21/h4-7,9,12-14,17,19-20H,2-3,8,10-11,15-16H2,1H3. The van der Waals surface area contributed by atoms with E-state index in [0.717, 1.165) is 66.6 Å². The van der Waals surface area contributed by atoms with E-state index in [2.05, 4.69) is 22.1 Å². The molecule has 0 saturated carbocycles. The average molecular weight is 454 g/mol. The number of fused-ring (bicyclic) bond motifs is 1. The van der Waals surface area contributed by atoms with Crippen LogP contribution in [0.4, 0.5) is 4.39 Å². The Morgan fingerprint density at radius 3 is 2.29 bits per heavy atom. The molecule has 0 bridgehead atoms. The van der Waals surface area contributed by atoms with Crippen molar-refractivity contribution in [3.8, 4) is 6.07 Å². The lowest BCUT2D eigenvalue weighted by Crippen LogP contribution is -2.01. The fourth-order valence-corrected chi connectivity index (χ4v) is 4.08. The number of aryl methyl sites for hydroxylation is 5. The Morgan fingerprint density at radius 1 is 0.824 bits per heavy atom. The van der Waals surface area contributed by atoms with Crippen molar-refractivity contribution in [2.75, 3.05) is 13.7 Å². The minimum Gasteiger partial charge on any atom is -0.385 e. The van der Waals surface area contributed by atoms with Crippen molar-refractivity contribution in [3.05, 3.63) is 106 Å². The number of ether oxygens (including phenoxy) is 1. The minimum absolute atomic E-state index is 0.148. The molecule has 0 unspecified atom stereocenters. The number of methoxy groups -OCH3 is 1. The number of rotatable bonds is 10. The first-order chi connectivity index (χ1) is 16.7. The van der Waals surface area contributed by atoms with Crippen LogP contribution in [-0.4, -0.2) is 23.7 Å². The van der Waals surface area contributed by atoms with Crippen molar-refractivity contribution < 1.29 is 9.13 Å². The molecule has 172 valence electrons. The fraction of sp³-hybridized carbons (Fsp3) is 0.276. The maximum Gasteiger partial charge on any atom is 0.134 e. The molecule has 4 rings (SSSR count). The highest BCUT2D eigenvalue weighted by molar-refractivity contribution is 5.84. The molecule has 5 heteroatoms. The third kappa shape index (κ3) is 6.03. The van der Waals surface area contributed by atoms with E-state index in [4.69, 9.17) is 10.00 Å². The molecule has 0 N–H and O–H groups in total. The van der Waals surface area contributed by atoms with Crippen LogP contribution in [0.15, 0.2) is 67.0 Å². The van der Waals surface area contributed by atoms with Gasteiger partial charge >= 0.3 is 0 Å². The maximum atomic E-state index is 15.2. The summed E-state index contributed by atoms with van der Waals surface area (Å²) in [6.45, 7) is 0.739. The van der Waals surface area contributed by atoms with Gasteiger partial charge in [-0.05, 0) is 71.9 Å². The van der Waals surface area contributed by atoms with E-state index < -0.39 is 0 Å². The second-order valence-electron chi connectivity index (χ2n) is 8.51. The van der Waals surface area contributed by atoms with Gasteiger partial charge in [0.05, 0.1) is 11.6 Å². The molecule has 0 aliphatic carbocycles. The molecule has 1 aromatic heterocycles. The van der Waals surface area contributed by atoms with Crippen LogP contribution in [0, 0.1) is 17.1 Å². The van der Waals surface area contributed by atoms with E-state index in [1.54, 1.807) is 19.2 Å². The molecule has 0 radical (unpaired) electrons. The zero-order valence-corrected chi connectivity index (χ0v) is 19.4. The van der Waals surface area contributed by atoms with E-state index in [1.165, 1.54) is 0 Å². The zero-order valence-electron chi connectivity index (χ0n) is 19.4. The van der Waals surface area contributed by atoms with Crippen LogP contribution in [0.5, 0.6) is 0 Å². The summed E-state index contributed by atoms with van der Waals surface area (Å²) in [6, 6.07) is 19.4. The zero-order chi connectivity index (χ0) is 23.8. The van der Waals surface area contributed by atoms with Crippen LogP contribution in [0.3, 0.4) is 0 Å².